The molecule has 52 heavy (non-hydrogen) atoms. The van der Waals surface area contributed by atoms with Gasteiger partial charge in [0.2, 0.25) is 5.71 Å². The Kier molecular flexibility index (Phi) is 8.19. The summed E-state index contributed by atoms with van der Waals surface area (Å²) in [6.07, 6.45) is -0.626. The first kappa shape index (κ1) is 27.2. The molecule has 0 saturated heterocycles. The number of fused-ring (bicyclic) bond motifs is 3. The quantitative estimate of drug-likeness (QED) is 0.156. The van der Waals surface area contributed by atoms with E-state index in [1.807, 2.05) is 12.3 Å². The summed E-state index contributed by atoms with van der Waals surface area (Å²) in [6.45, 7) is 9.88. The van der Waals surface area contributed by atoms with Gasteiger partial charge in [0.05, 0.1) is 5.58 Å². The fourth-order valence-electron chi connectivity index (χ4n) is 5.85. The molecule has 0 aliphatic rings. The van der Waals surface area contributed by atoms with E-state index in [1.165, 1.54) is 29.0 Å². The zero-order valence-electron chi connectivity index (χ0n) is 40.7. The summed E-state index contributed by atoms with van der Waals surface area (Å²) in [7, 11) is 0. The van der Waals surface area contributed by atoms with Crippen LogP contribution in [0.5, 0.6) is 0 Å². The largest absolute Gasteiger partial charge is 0.486 e. The van der Waals surface area contributed by atoms with Crippen LogP contribution < -0.4 is 0 Å². The number of hydrogen-bond donors (Lipinski definition) is 0. The number of hydrogen-bond acceptors (Lipinski definition) is 4. The molecule has 1 radical (unpaired) electrons. The molecule has 7 rings (SSSR count). The summed E-state index contributed by atoms with van der Waals surface area (Å²) in [4.78, 5) is 13.1. The maximum atomic E-state index is 9.30. The fourth-order valence-corrected chi connectivity index (χ4v) is 5.85. The van der Waals surface area contributed by atoms with E-state index < -0.39 is 37.3 Å². The van der Waals surface area contributed by atoms with Gasteiger partial charge in [-0.2, -0.15) is 0 Å². The van der Waals surface area contributed by atoms with Crippen molar-refractivity contribution in [1.29, 1.82) is 0 Å². The third kappa shape index (κ3) is 8.95. The number of pyridine rings is 3. The van der Waals surface area contributed by atoms with Gasteiger partial charge >= 0.3 is 0 Å². The molecular formula is C47H49IrN3O-2. The maximum Gasteiger partial charge on any atom is 0.216 e. The Balaban J connectivity index is 0.000000381. The minimum atomic E-state index is -2.61. The summed E-state index contributed by atoms with van der Waals surface area (Å²) in [6, 6.07) is 28.9. The monoisotopic (exact) mass is 874 g/mol. The number of furan rings is 1. The number of benzene rings is 3. The van der Waals surface area contributed by atoms with Crippen LogP contribution in [0.1, 0.15) is 93.0 Å². The van der Waals surface area contributed by atoms with Crippen molar-refractivity contribution in [2.75, 3.05) is 0 Å². The Morgan fingerprint density at radius 2 is 1.44 bits per heavy atom. The summed E-state index contributed by atoms with van der Waals surface area (Å²) in [5, 5.41) is 1.23. The molecule has 4 aromatic heterocycles. The SMILES string of the molecule is Cc1c[c-]c(-c2cc(C)c(C)cn2)cc1.[2H]C([2H])([2H])c1ccc2c(n1)oc1c(-c3cc(C(C)(C)C([2H])([2H])c4ccc(C([2H])([2H])C(C)(C)C)cc4)c(C([2H])([2H])[2H])cn3)[c-]ccc12.[Ir]. The Labute approximate surface area is 337 Å². The second kappa shape index (κ2) is 15.7. The molecule has 0 fully saturated rings. The van der Waals surface area contributed by atoms with Gasteiger partial charge in [0, 0.05) is 57.3 Å². The number of nitrogens with zero attached hydrogens (tertiary/aromatic N) is 3. The summed E-state index contributed by atoms with van der Waals surface area (Å²) in [5.41, 5.74) is 5.48. The molecule has 4 heterocycles. The average molecular weight is 874 g/mol. The molecule has 0 atom stereocenters. The first-order valence-electron chi connectivity index (χ1n) is 21.9. The van der Waals surface area contributed by atoms with Gasteiger partial charge < -0.3 is 14.4 Å². The van der Waals surface area contributed by atoms with Crippen LogP contribution in [0, 0.1) is 52.0 Å². The normalized spacial score (nSPS) is 15.5. The van der Waals surface area contributed by atoms with Crippen molar-refractivity contribution in [3.63, 3.8) is 0 Å². The standard InChI is InChI=1S/C33H35N2O.C14H14N.Ir/c1-21-20-34-29(27-10-8-9-25-26-16-11-22(2)35-31(26)36-30(25)27)17-28(21)33(6,7)19-24-14-12-23(13-15-24)18-32(3,4)5;1-10-4-6-13(7-5-10)14-8-11(2)12(3)9-15-14;/h8-9,11-17,20H,18-19H2,1-7H3;4-6,8-9H,1-3H3;/q2*-1;/i1D3,2D3,18D2,19D2;;. The van der Waals surface area contributed by atoms with Crippen LogP contribution in [0.25, 0.3) is 44.6 Å². The van der Waals surface area contributed by atoms with Gasteiger partial charge in [-0.15, -0.1) is 53.6 Å². The number of aryl methyl sites for hydroxylation is 5. The van der Waals surface area contributed by atoms with E-state index in [2.05, 4.69) is 66.1 Å². The molecule has 0 N–H and O–H groups in total. The predicted octanol–water partition coefficient (Wildman–Crippen LogP) is 12.0. The zero-order chi connectivity index (χ0) is 45.1. The third-order valence-electron chi connectivity index (χ3n) is 8.61. The number of rotatable bonds is 6. The molecule has 3 aromatic carbocycles. The van der Waals surface area contributed by atoms with Crippen molar-refractivity contribution < 1.29 is 38.2 Å². The molecule has 269 valence electrons. The molecule has 0 aliphatic heterocycles. The van der Waals surface area contributed by atoms with E-state index >= 15 is 0 Å². The van der Waals surface area contributed by atoms with Crippen LogP contribution in [0.15, 0.2) is 95.7 Å². The van der Waals surface area contributed by atoms with Crippen molar-refractivity contribution in [2.24, 2.45) is 5.41 Å². The molecule has 5 heteroatoms. The topological polar surface area (TPSA) is 51.8 Å². The Morgan fingerprint density at radius 3 is 2.10 bits per heavy atom. The van der Waals surface area contributed by atoms with Gasteiger partial charge in [0.15, 0.2) is 0 Å². The molecule has 0 saturated carbocycles. The van der Waals surface area contributed by atoms with Gasteiger partial charge in [0.1, 0.15) is 0 Å². The van der Waals surface area contributed by atoms with Gasteiger partial charge in [-0.3, -0.25) is 0 Å². The predicted molar refractivity (Wildman–Crippen MR) is 212 cm³/mol. The molecular weight excluding hydrogens is 815 g/mol. The molecule has 4 nitrogen and oxygen atoms in total. The van der Waals surface area contributed by atoms with Crippen LogP contribution in [-0.2, 0) is 38.3 Å². The summed E-state index contributed by atoms with van der Waals surface area (Å²) < 4.78 is 89.7. The van der Waals surface area contributed by atoms with Crippen LogP contribution in [-0.4, -0.2) is 15.0 Å². The van der Waals surface area contributed by atoms with Gasteiger partial charge in [-0.1, -0.05) is 94.5 Å². The zero-order valence-corrected chi connectivity index (χ0v) is 33.1. The van der Waals surface area contributed by atoms with Crippen molar-refractivity contribution in [1.82, 2.24) is 15.0 Å². The molecule has 0 bridgehead atoms. The first-order chi connectivity index (χ1) is 28.1. The van der Waals surface area contributed by atoms with Crippen molar-refractivity contribution in [3.05, 3.63) is 148 Å². The molecule has 0 unspecified atom stereocenters. The second-order valence-corrected chi connectivity index (χ2v) is 14.5. The maximum absolute atomic E-state index is 9.30. The smallest absolute Gasteiger partial charge is 0.216 e. The Morgan fingerprint density at radius 1 is 0.731 bits per heavy atom. The minimum Gasteiger partial charge on any atom is -0.486 e. The number of aromatic nitrogens is 3. The van der Waals surface area contributed by atoms with Gasteiger partial charge in [0.25, 0.3) is 0 Å². The van der Waals surface area contributed by atoms with Crippen molar-refractivity contribution in [3.8, 4) is 22.5 Å². The second-order valence-electron chi connectivity index (χ2n) is 14.5. The van der Waals surface area contributed by atoms with E-state index in [0.29, 0.717) is 33.2 Å². The molecule has 0 spiro atoms. The van der Waals surface area contributed by atoms with Crippen LogP contribution >= 0.6 is 0 Å². The molecule has 0 amide bonds. The molecule has 7 aromatic rings. The van der Waals surface area contributed by atoms with E-state index in [9.17, 15) is 2.74 Å². The fraction of sp³-hybridized carbons (Fsp3) is 0.298. The van der Waals surface area contributed by atoms with E-state index in [1.54, 1.807) is 83.1 Å². The van der Waals surface area contributed by atoms with Crippen LogP contribution in [0.4, 0.5) is 0 Å². The first-order valence-corrected chi connectivity index (χ1v) is 16.9. The molecule has 0 aliphatic carbocycles. The third-order valence-corrected chi connectivity index (χ3v) is 8.61. The Bertz CT molecular complexity index is 2710. The average Bonchev–Trinajstić information content (AvgIpc) is 3.56. The van der Waals surface area contributed by atoms with Crippen LogP contribution in [0.3, 0.4) is 0 Å². The van der Waals surface area contributed by atoms with Crippen LogP contribution in [0.2, 0.25) is 0 Å². The minimum absolute atomic E-state index is 0. The van der Waals surface area contributed by atoms with Gasteiger partial charge in [-0.25, -0.2) is 4.98 Å². The van der Waals surface area contributed by atoms with Crippen molar-refractivity contribution >= 4 is 22.1 Å². The van der Waals surface area contributed by atoms with E-state index in [0.717, 1.165) is 11.3 Å². The van der Waals surface area contributed by atoms with Gasteiger partial charge in [-0.05, 0) is 102 Å². The Hall–Kier alpha value is -4.44. The van der Waals surface area contributed by atoms with E-state index in [-0.39, 0.29) is 48.2 Å². The van der Waals surface area contributed by atoms with E-state index in [4.69, 9.17) is 15.4 Å². The summed E-state index contributed by atoms with van der Waals surface area (Å²) in [5.74, 6) is 0. The summed E-state index contributed by atoms with van der Waals surface area (Å²) >= 11 is 0. The van der Waals surface area contributed by atoms with Crippen molar-refractivity contribution in [2.45, 2.75) is 87.3 Å².